The van der Waals surface area contributed by atoms with Crippen LogP contribution in [0.3, 0.4) is 0 Å². The standard InChI is InChI=1S/C26H28N2O2/c1-28(2)17-18-3-4-23-16-24(12-9-22(23)15-18)27-26(30)21-7-5-19(6-8-21)20-10-13-25(29)14-11-20/h5-14,16,18,29H,3-4,15,17H2,1-2H3,(H,27,30). The molecule has 0 fully saturated rings. The fourth-order valence-electron chi connectivity index (χ4n) is 4.25. The van der Waals surface area contributed by atoms with Gasteiger partial charge in [-0.3, -0.25) is 4.79 Å². The summed E-state index contributed by atoms with van der Waals surface area (Å²) in [6, 6.07) is 20.9. The number of phenolic OH excluding ortho intramolecular Hbond substituents is 1. The smallest absolute Gasteiger partial charge is 0.255 e. The molecule has 0 saturated heterocycles. The number of anilines is 1. The van der Waals surface area contributed by atoms with Crippen LogP contribution in [-0.2, 0) is 12.8 Å². The van der Waals surface area contributed by atoms with Gasteiger partial charge >= 0.3 is 0 Å². The van der Waals surface area contributed by atoms with Gasteiger partial charge < -0.3 is 15.3 Å². The normalized spacial score (nSPS) is 15.6. The summed E-state index contributed by atoms with van der Waals surface area (Å²) in [5.74, 6) is 0.849. The van der Waals surface area contributed by atoms with E-state index in [0.717, 1.165) is 36.2 Å². The van der Waals surface area contributed by atoms with Crippen molar-refractivity contribution in [3.8, 4) is 16.9 Å². The van der Waals surface area contributed by atoms with Gasteiger partial charge in [-0.05, 0) is 97.9 Å². The van der Waals surface area contributed by atoms with Crippen molar-refractivity contribution in [3.05, 3.63) is 83.4 Å². The zero-order valence-electron chi connectivity index (χ0n) is 17.6. The molecule has 1 amide bonds. The van der Waals surface area contributed by atoms with Crippen LogP contribution in [0.2, 0.25) is 0 Å². The molecule has 0 bridgehead atoms. The second-order valence-electron chi connectivity index (χ2n) is 8.43. The highest BCUT2D eigenvalue weighted by Crippen LogP contribution is 2.28. The Labute approximate surface area is 178 Å². The predicted octanol–water partition coefficient (Wildman–Crippen LogP) is 4.98. The second kappa shape index (κ2) is 8.72. The molecule has 0 heterocycles. The first-order chi connectivity index (χ1) is 14.5. The van der Waals surface area contributed by atoms with Crippen molar-refractivity contribution in [1.82, 2.24) is 4.90 Å². The Morgan fingerprint density at radius 2 is 1.63 bits per heavy atom. The fourth-order valence-corrected chi connectivity index (χ4v) is 4.25. The summed E-state index contributed by atoms with van der Waals surface area (Å²) in [5, 5.41) is 12.5. The minimum atomic E-state index is -0.103. The Kier molecular flexibility index (Phi) is 5.86. The highest BCUT2D eigenvalue weighted by Gasteiger charge is 2.19. The predicted molar refractivity (Wildman–Crippen MR) is 122 cm³/mol. The maximum Gasteiger partial charge on any atom is 0.255 e. The van der Waals surface area contributed by atoms with E-state index < -0.39 is 0 Å². The van der Waals surface area contributed by atoms with Crippen LogP contribution in [0.1, 0.15) is 27.9 Å². The number of aromatic hydroxyl groups is 1. The third-order valence-corrected chi connectivity index (χ3v) is 5.77. The first kappa shape index (κ1) is 20.2. The van der Waals surface area contributed by atoms with Crippen molar-refractivity contribution in [3.63, 3.8) is 0 Å². The van der Waals surface area contributed by atoms with Gasteiger partial charge in [0.25, 0.3) is 5.91 Å². The molecule has 4 nitrogen and oxygen atoms in total. The van der Waals surface area contributed by atoms with E-state index >= 15 is 0 Å². The molecule has 0 spiro atoms. The number of carbonyl (C=O) groups excluding carboxylic acids is 1. The van der Waals surface area contributed by atoms with Crippen molar-refractivity contribution < 1.29 is 9.90 Å². The molecule has 30 heavy (non-hydrogen) atoms. The minimum Gasteiger partial charge on any atom is -0.508 e. The molecule has 1 aliphatic rings. The van der Waals surface area contributed by atoms with E-state index in [9.17, 15) is 9.90 Å². The summed E-state index contributed by atoms with van der Waals surface area (Å²) < 4.78 is 0. The number of rotatable bonds is 5. The van der Waals surface area contributed by atoms with Gasteiger partial charge in [0.05, 0.1) is 0 Å². The fraction of sp³-hybridized carbons (Fsp3) is 0.269. The topological polar surface area (TPSA) is 52.6 Å². The van der Waals surface area contributed by atoms with Gasteiger partial charge in [0.15, 0.2) is 0 Å². The number of nitrogens with zero attached hydrogens (tertiary/aromatic N) is 1. The van der Waals surface area contributed by atoms with Gasteiger partial charge in [-0.1, -0.05) is 30.3 Å². The van der Waals surface area contributed by atoms with Crippen LogP contribution < -0.4 is 5.32 Å². The van der Waals surface area contributed by atoms with Crippen molar-refractivity contribution in [2.75, 3.05) is 26.0 Å². The minimum absolute atomic E-state index is 0.103. The molecular formula is C26H28N2O2. The third kappa shape index (κ3) is 4.71. The molecule has 3 aromatic carbocycles. The maximum absolute atomic E-state index is 12.7. The molecule has 1 unspecified atom stereocenters. The van der Waals surface area contributed by atoms with Crippen molar-refractivity contribution in [1.29, 1.82) is 0 Å². The highest BCUT2D eigenvalue weighted by atomic mass is 16.3. The first-order valence-electron chi connectivity index (χ1n) is 10.5. The largest absolute Gasteiger partial charge is 0.508 e. The molecule has 0 aliphatic heterocycles. The Hall–Kier alpha value is -3.11. The van der Waals surface area contributed by atoms with Gasteiger partial charge in [0.1, 0.15) is 5.75 Å². The first-order valence-corrected chi connectivity index (χ1v) is 10.5. The highest BCUT2D eigenvalue weighted by molar-refractivity contribution is 6.04. The van der Waals surface area contributed by atoms with E-state index in [1.807, 2.05) is 42.5 Å². The zero-order chi connectivity index (χ0) is 21.1. The number of amides is 1. The summed E-state index contributed by atoms with van der Waals surface area (Å²) in [7, 11) is 4.26. The Morgan fingerprint density at radius 1 is 0.967 bits per heavy atom. The number of hydrogen-bond donors (Lipinski definition) is 2. The third-order valence-electron chi connectivity index (χ3n) is 5.77. The number of fused-ring (bicyclic) bond motifs is 1. The number of phenols is 1. The molecule has 0 saturated carbocycles. The van der Waals surface area contributed by atoms with Gasteiger partial charge in [0.2, 0.25) is 0 Å². The monoisotopic (exact) mass is 400 g/mol. The summed E-state index contributed by atoms with van der Waals surface area (Å²) in [6.07, 6.45) is 3.38. The van der Waals surface area contributed by atoms with Crippen LogP contribution in [0.25, 0.3) is 11.1 Å². The number of hydrogen-bond acceptors (Lipinski definition) is 3. The molecule has 3 aromatic rings. The zero-order valence-corrected chi connectivity index (χ0v) is 17.6. The number of nitrogens with one attached hydrogen (secondary N) is 1. The summed E-state index contributed by atoms with van der Waals surface area (Å²) in [5.41, 5.74) is 6.25. The summed E-state index contributed by atoms with van der Waals surface area (Å²) in [4.78, 5) is 15.0. The number of aryl methyl sites for hydroxylation is 1. The van der Waals surface area contributed by atoms with E-state index in [-0.39, 0.29) is 11.7 Å². The van der Waals surface area contributed by atoms with Crippen LogP contribution >= 0.6 is 0 Å². The Bertz CT molecular complexity index is 1020. The van der Waals surface area contributed by atoms with Gasteiger partial charge in [-0.15, -0.1) is 0 Å². The van der Waals surface area contributed by atoms with Crippen molar-refractivity contribution in [2.24, 2.45) is 5.92 Å². The van der Waals surface area contributed by atoms with E-state index in [1.54, 1.807) is 12.1 Å². The number of benzene rings is 3. The molecule has 1 aliphatic carbocycles. The molecule has 0 radical (unpaired) electrons. The molecule has 4 heteroatoms. The van der Waals surface area contributed by atoms with E-state index in [2.05, 4.69) is 36.4 Å². The lowest BCUT2D eigenvalue weighted by Gasteiger charge is -2.27. The quantitative estimate of drug-likeness (QED) is 0.635. The number of carbonyl (C=O) groups is 1. The lowest BCUT2D eigenvalue weighted by Crippen LogP contribution is -2.26. The van der Waals surface area contributed by atoms with Crippen LogP contribution in [0, 0.1) is 5.92 Å². The molecule has 154 valence electrons. The van der Waals surface area contributed by atoms with Crippen LogP contribution in [0.15, 0.2) is 66.7 Å². The van der Waals surface area contributed by atoms with Gasteiger partial charge in [-0.2, -0.15) is 0 Å². The molecular weight excluding hydrogens is 372 g/mol. The van der Waals surface area contributed by atoms with Crippen LogP contribution in [-0.4, -0.2) is 36.6 Å². The lowest BCUT2D eigenvalue weighted by molar-refractivity contribution is 0.102. The van der Waals surface area contributed by atoms with Crippen LogP contribution in [0.4, 0.5) is 5.69 Å². The maximum atomic E-state index is 12.7. The molecule has 2 N–H and O–H groups in total. The van der Waals surface area contributed by atoms with E-state index in [1.165, 1.54) is 17.5 Å². The van der Waals surface area contributed by atoms with Gasteiger partial charge in [0, 0.05) is 17.8 Å². The Balaban J connectivity index is 1.42. The van der Waals surface area contributed by atoms with Crippen molar-refractivity contribution >= 4 is 11.6 Å². The van der Waals surface area contributed by atoms with E-state index in [4.69, 9.17) is 0 Å². The van der Waals surface area contributed by atoms with E-state index in [0.29, 0.717) is 11.5 Å². The summed E-state index contributed by atoms with van der Waals surface area (Å²) in [6.45, 7) is 1.12. The van der Waals surface area contributed by atoms with Crippen molar-refractivity contribution in [2.45, 2.75) is 19.3 Å². The lowest BCUT2D eigenvalue weighted by atomic mass is 9.83. The average molecular weight is 401 g/mol. The SMILES string of the molecule is CN(C)CC1CCc2cc(NC(=O)c3ccc(-c4ccc(O)cc4)cc3)ccc2C1. The second-order valence-corrected chi connectivity index (χ2v) is 8.43. The average Bonchev–Trinajstić information content (AvgIpc) is 2.74. The molecule has 1 atom stereocenters. The van der Waals surface area contributed by atoms with Gasteiger partial charge in [-0.25, -0.2) is 0 Å². The Morgan fingerprint density at radius 3 is 2.30 bits per heavy atom. The van der Waals surface area contributed by atoms with Crippen LogP contribution in [0.5, 0.6) is 5.75 Å². The summed E-state index contributed by atoms with van der Waals surface area (Å²) >= 11 is 0. The molecule has 0 aromatic heterocycles. The molecule has 4 rings (SSSR count).